The maximum absolute atomic E-state index is 11.8. The molecule has 1 amide bonds. The van der Waals surface area contributed by atoms with Crippen LogP contribution < -0.4 is 10.6 Å². The lowest BCUT2D eigenvalue weighted by molar-refractivity contribution is 0.0951. The maximum Gasteiger partial charge on any atom is 0.269 e. The quantitative estimate of drug-likeness (QED) is 0.861. The molecule has 5 heteroatoms. The van der Waals surface area contributed by atoms with Crippen molar-refractivity contribution in [3.8, 4) is 0 Å². The van der Waals surface area contributed by atoms with Gasteiger partial charge in [-0.3, -0.25) is 9.78 Å². The molecule has 0 aliphatic heterocycles. The Bertz CT molecular complexity index is 593. The number of thiophene rings is 1. The Kier molecular flexibility index (Phi) is 4.96. The number of nitrogens with zero attached hydrogens (tertiary/aromatic N) is 1. The third kappa shape index (κ3) is 4.04. The van der Waals surface area contributed by atoms with Crippen molar-refractivity contribution in [1.29, 1.82) is 0 Å². The molecular weight excluding hydrogens is 282 g/mol. The normalized spacial score (nSPS) is 11.2. The van der Waals surface area contributed by atoms with Crippen molar-refractivity contribution >= 4 is 22.9 Å². The summed E-state index contributed by atoms with van der Waals surface area (Å²) in [5.41, 5.74) is 1.40. The van der Waals surface area contributed by atoms with Gasteiger partial charge in [0.05, 0.1) is 0 Å². The van der Waals surface area contributed by atoms with Gasteiger partial charge in [0.2, 0.25) is 0 Å². The summed E-state index contributed by atoms with van der Waals surface area (Å²) in [5.74, 6) is -0.140. The average Bonchev–Trinajstić information content (AvgIpc) is 3.01. The van der Waals surface area contributed by atoms with Crippen molar-refractivity contribution < 1.29 is 4.79 Å². The van der Waals surface area contributed by atoms with Gasteiger partial charge in [-0.1, -0.05) is 19.9 Å². The van der Waals surface area contributed by atoms with E-state index in [1.165, 1.54) is 4.88 Å². The number of carbonyl (C=O) groups excluding carboxylic acids is 1. The highest BCUT2D eigenvalue weighted by molar-refractivity contribution is 7.10. The Morgan fingerprint density at radius 2 is 2.19 bits per heavy atom. The zero-order chi connectivity index (χ0) is 15.3. The molecule has 0 unspecified atom stereocenters. The van der Waals surface area contributed by atoms with Gasteiger partial charge in [-0.2, -0.15) is 0 Å². The maximum atomic E-state index is 11.8. The number of hydrogen-bond acceptors (Lipinski definition) is 4. The van der Waals surface area contributed by atoms with Crippen LogP contribution in [-0.2, 0) is 5.41 Å². The minimum Gasteiger partial charge on any atom is -0.384 e. The van der Waals surface area contributed by atoms with Gasteiger partial charge in [0.15, 0.2) is 0 Å². The van der Waals surface area contributed by atoms with E-state index in [0.717, 1.165) is 12.2 Å². The van der Waals surface area contributed by atoms with Crippen LogP contribution in [0, 0.1) is 0 Å². The second-order valence-electron chi connectivity index (χ2n) is 5.50. The summed E-state index contributed by atoms with van der Waals surface area (Å²) < 4.78 is 0. The monoisotopic (exact) mass is 303 g/mol. The van der Waals surface area contributed by atoms with Crippen LogP contribution >= 0.6 is 11.3 Å². The Labute approximate surface area is 129 Å². The van der Waals surface area contributed by atoms with Gasteiger partial charge >= 0.3 is 0 Å². The highest BCUT2D eigenvalue weighted by Crippen LogP contribution is 2.27. The molecule has 0 aliphatic carbocycles. The molecule has 112 valence electrons. The number of nitrogens with one attached hydrogen (secondary N) is 2. The van der Waals surface area contributed by atoms with E-state index in [1.54, 1.807) is 23.6 Å². The molecule has 0 saturated heterocycles. The molecule has 2 N–H and O–H groups in total. The highest BCUT2D eigenvalue weighted by atomic mass is 32.1. The lowest BCUT2D eigenvalue weighted by atomic mass is 9.91. The lowest BCUT2D eigenvalue weighted by Gasteiger charge is -2.24. The average molecular weight is 303 g/mol. The van der Waals surface area contributed by atoms with E-state index in [9.17, 15) is 4.79 Å². The molecular formula is C16H21N3OS. The fraction of sp³-hybridized carbons (Fsp3) is 0.375. The van der Waals surface area contributed by atoms with Crippen molar-refractivity contribution in [2.45, 2.75) is 26.2 Å². The van der Waals surface area contributed by atoms with Gasteiger partial charge in [-0.15, -0.1) is 11.3 Å². The molecule has 2 aromatic heterocycles. The summed E-state index contributed by atoms with van der Waals surface area (Å²) >= 11 is 1.76. The van der Waals surface area contributed by atoms with Crippen LogP contribution in [0.5, 0.6) is 0 Å². The number of aromatic nitrogens is 1. The first kappa shape index (κ1) is 15.5. The molecule has 2 aromatic rings. The van der Waals surface area contributed by atoms with Crippen LogP contribution in [0.3, 0.4) is 0 Å². The van der Waals surface area contributed by atoms with E-state index >= 15 is 0 Å². The predicted octanol–water partition coefficient (Wildman–Crippen LogP) is 3.28. The molecule has 4 nitrogen and oxygen atoms in total. The van der Waals surface area contributed by atoms with Crippen molar-refractivity contribution in [1.82, 2.24) is 10.3 Å². The fourth-order valence-electron chi connectivity index (χ4n) is 1.99. The summed E-state index contributed by atoms with van der Waals surface area (Å²) in [6.45, 7) is 7.70. The molecule has 0 aromatic carbocycles. The highest BCUT2D eigenvalue weighted by Gasteiger charge is 2.21. The first-order chi connectivity index (χ1) is 10.0. The SMILES string of the molecule is CCNC(=O)c1cc(NCC(C)(C)c2cccs2)ccn1. The number of amides is 1. The molecule has 0 saturated carbocycles. The molecule has 0 spiro atoms. The molecule has 0 atom stereocenters. The Hall–Kier alpha value is -1.88. The van der Waals surface area contributed by atoms with Crippen molar-refractivity contribution in [2.24, 2.45) is 0 Å². The minimum atomic E-state index is -0.140. The van der Waals surface area contributed by atoms with Crippen molar-refractivity contribution in [3.63, 3.8) is 0 Å². The first-order valence-corrected chi connectivity index (χ1v) is 7.93. The summed E-state index contributed by atoms with van der Waals surface area (Å²) in [6, 6.07) is 7.89. The molecule has 2 heterocycles. The van der Waals surface area contributed by atoms with Gasteiger partial charge in [-0.05, 0) is 30.5 Å². The van der Waals surface area contributed by atoms with E-state index in [2.05, 4.69) is 47.0 Å². The third-order valence-corrected chi connectivity index (χ3v) is 4.49. The van der Waals surface area contributed by atoms with Crippen molar-refractivity contribution in [2.75, 3.05) is 18.4 Å². The van der Waals surface area contributed by atoms with Crippen LogP contribution in [-0.4, -0.2) is 24.0 Å². The summed E-state index contributed by atoms with van der Waals surface area (Å²) in [7, 11) is 0. The van der Waals surface area contributed by atoms with Crippen LogP contribution in [0.2, 0.25) is 0 Å². The second-order valence-corrected chi connectivity index (χ2v) is 6.45. The smallest absolute Gasteiger partial charge is 0.269 e. The van der Waals surface area contributed by atoms with E-state index < -0.39 is 0 Å². The topological polar surface area (TPSA) is 54.0 Å². The lowest BCUT2D eigenvalue weighted by Crippen LogP contribution is -2.27. The van der Waals surface area contributed by atoms with Crippen LogP contribution in [0.25, 0.3) is 0 Å². The third-order valence-electron chi connectivity index (χ3n) is 3.25. The largest absolute Gasteiger partial charge is 0.384 e. The number of pyridine rings is 1. The standard InChI is InChI=1S/C16H21N3OS/c1-4-17-15(20)13-10-12(7-8-18-13)19-11-16(2,3)14-6-5-9-21-14/h5-10H,4,11H2,1-3H3,(H,17,20)(H,18,19). The van der Waals surface area contributed by atoms with Crippen LogP contribution in [0.15, 0.2) is 35.8 Å². The van der Waals surface area contributed by atoms with E-state index in [-0.39, 0.29) is 11.3 Å². The van der Waals surface area contributed by atoms with E-state index in [4.69, 9.17) is 0 Å². The molecule has 2 rings (SSSR count). The van der Waals surface area contributed by atoms with E-state index in [0.29, 0.717) is 12.2 Å². The Morgan fingerprint density at radius 1 is 1.38 bits per heavy atom. The van der Waals surface area contributed by atoms with Gasteiger partial charge in [-0.25, -0.2) is 0 Å². The summed E-state index contributed by atoms with van der Waals surface area (Å²) in [4.78, 5) is 17.2. The molecule has 0 bridgehead atoms. The molecule has 0 aliphatic rings. The van der Waals surface area contributed by atoms with Gasteiger partial charge < -0.3 is 10.6 Å². The van der Waals surface area contributed by atoms with E-state index in [1.807, 2.05) is 13.0 Å². The van der Waals surface area contributed by atoms with Crippen LogP contribution in [0.1, 0.15) is 36.1 Å². The molecule has 0 radical (unpaired) electrons. The molecule has 21 heavy (non-hydrogen) atoms. The van der Waals surface area contributed by atoms with Crippen molar-refractivity contribution in [3.05, 3.63) is 46.4 Å². The number of hydrogen-bond donors (Lipinski definition) is 2. The van der Waals surface area contributed by atoms with Crippen LogP contribution in [0.4, 0.5) is 5.69 Å². The van der Waals surface area contributed by atoms with Gasteiger partial charge in [0.1, 0.15) is 5.69 Å². The zero-order valence-electron chi connectivity index (χ0n) is 12.6. The minimum absolute atomic E-state index is 0.0449. The number of rotatable bonds is 6. The van der Waals surface area contributed by atoms with Gasteiger partial charge in [0.25, 0.3) is 5.91 Å². The summed E-state index contributed by atoms with van der Waals surface area (Å²) in [6.07, 6.45) is 1.66. The fourth-order valence-corrected chi connectivity index (χ4v) is 2.84. The number of anilines is 1. The molecule has 0 fully saturated rings. The predicted molar refractivity (Wildman–Crippen MR) is 88.1 cm³/mol. The zero-order valence-corrected chi connectivity index (χ0v) is 13.5. The van der Waals surface area contributed by atoms with Gasteiger partial charge in [0, 0.05) is 35.3 Å². The number of carbonyl (C=O) groups is 1. The Balaban J connectivity index is 2.03. The second kappa shape index (κ2) is 6.72. The first-order valence-electron chi connectivity index (χ1n) is 7.05. The Morgan fingerprint density at radius 3 is 2.86 bits per heavy atom. The summed E-state index contributed by atoms with van der Waals surface area (Å²) in [5, 5.41) is 8.25.